The van der Waals surface area contributed by atoms with Crippen molar-refractivity contribution in [1.29, 1.82) is 0 Å². The molecule has 2 aromatic heterocycles. The van der Waals surface area contributed by atoms with E-state index >= 15 is 0 Å². The van der Waals surface area contributed by atoms with E-state index in [0.29, 0.717) is 12.0 Å². The van der Waals surface area contributed by atoms with Crippen LogP contribution in [0.3, 0.4) is 0 Å². The molecule has 0 amide bonds. The first-order valence-electron chi connectivity index (χ1n) is 9.41. The maximum atomic E-state index is 4.65. The summed E-state index contributed by atoms with van der Waals surface area (Å²) in [4.78, 5) is 11.6. The molecule has 1 aliphatic carbocycles. The maximum absolute atomic E-state index is 4.65. The summed E-state index contributed by atoms with van der Waals surface area (Å²) in [6.45, 7) is 1.95. The second-order valence-electron chi connectivity index (χ2n) is 7.18. The Morgan fingerprint density at radius 1 is 0.885 bits per heavy atom. The standard InChI is InChI=1S/C20H22N6/c1-2-4-15(5-3-1)18-20(22-11-10-21-18)25-12-8-16(9-13-25)19-24-23-14-26(19)17-6-7-17/h1-5,10-11,14,16-17H,6-9,12-13H2. The van der Waals surface area contributed by atoms with Gasteiger partial charge in [0.25, 0.3) is 0 Å². The lowest BCUT2D eigenvalue weighted by molar-refractivity contribution is 0.463. The Labute approximate surface area is 152 Å². The predicted molar refractivity (Wildman–Crippen MR) is 99.9 cm³/mol. The quantitative estimate of drug-likeness (QED) is 0.724. The number of nitrogens with zero attached hydrogens (tertiary/aromatic N) is 6. The Hall–Kier alpha value is -2.76. The number of rotatable bonds is 4. The normalized spacial score (nSPS) is 18.2. The van der Waals surface area contributed by atoms with Crippen LogP contribution >= 0.6 is 0 Å². The Balaban J connectivity index is 1.35. The first-order valence-corrected chi connectivity index (χ1v) is 9.41. The molecule has 1 aliphatic heterocycles. The third kappa shape index (κ3) is 2.85. The van der Waals surface area contributed by atoms with Crippen molar-refractivity contribution in [2.45, 2.75) is 37.6 Å². The average Bonchev–Trinajstić information content (AvgIpc) is 3.45. The van der Waals surface area contributed by atoms with Gasteiger partial charge in [-0.2, -0.15) is 0 Å². The van der Waals surface area contributed by atoms with Gasteiger partial charge in [-0.1, -0.05) is 30.3 Å². The summed E-state index contributed by atoms with van der Waals surface area (Å²) >= 11 is 0. The number of aromatic nitrogens is 5. The van der Waals surface area contributed by atoms with Crippen molar-refractivity contribution in [3.8, 4) is 11.3 Å². The van der Waals surface area contributed by atoms with E-state index in [2.05, 4.69) is 41.8 Å². The predicted octanol–water partition coefficient (Wildman–Crippen LogP) is 3.45. The molecule has 6 heteroatoms. The van der Waals surface area contributed by atoms with Crippen LogP contribution in [0.2, 0.25) is 0 Å². The fourth-order valence-electron chi connectivity index (χ4n) is 3.89. The van der Waals surface area contributed by atoms with Gasteiger partial charge < -0.3 is 9.47 Å². The Morgan fingerprint density at radius 2 is 1.65 bits per heavy atom. The van der Waals surface area contributed by atoms with Crippen molar-refractivity contribution in [2.75, 3.05) is 18.0 Å². The zero-order valence-corrected chi connectivity index (χ0v) is 14.7. The monoisotopic (exact) mass is 346 g/mol. The SMILES string of the molecule is c1ccc(-c2nccnc2N2CCC(c3nncn3C3CC3)CC2)cc1. The summed E-state index contributed by atoms with van der Waals surface area (Å²) in [5, 5.41) is 8.60. The first kappa shape index (κ1) is 15.5. The van der Waals surface area contributed by atoms with Crippen molar-refractivity contribution >= 4 is 5.82 Å². The topological polar surface area (TPSA) is 59.7 Å². The highest BCUT2D eigenvalue weighted by atomic mass is 15.3. The van der Waals surface area contributed by atoms with Crippen molar-refractivity contribution in [1.82, 2.24) is 24.7 Å². The van der Waals surface area contributed by atoms with Crippen molar-refractivity contribution < 1.29 is 0 Å². The third-order valence-electron chi connectivity index (χ3n) is 5.43. The maximum Gasteiger partial charge on any atom is 0.155 e. The summed E-state index contributed by atoms with van der Waals surface area (Å²) in [6.07, 6.45) is 10.2. The lowest BCUT2D eigenvalue weighted by atomic mass is 9.95. The largest absolute Gasteiger partial charge is 0.355 e. The van der Waals surface area contributed by atoms with Gasteiger partial charge in [0, 0.05) is 43.0 Å². The number of benzene rings is 1. The molecule has 0 bridgehead atoms. The second-order valence-corrected chi connectivity index (χ2v) is 7.18. The van der Waals surface area contributed by atoms with E-state index in [0.717, 1.165) is 43.0 Å². The molecule has 6 nitrogen and oxygen atoms in total. The first-order chi connectivity index (χ1) is 12.9. The van der Waals surface area contributed by atoms with Crippen LogP contribution in [0.25, 0.3) is 11.3 Å². The number of hydrogen-bond donors (Lipinski definition) is 0. The van der Waals surface area contributed by atoms with Crippen molar-refractivity contribution in [3.05, 3.63) is 54.9 Å². The molecular weight excluding hydrogens is 324 g/mol. The minimum atomic E-state index is 0.492. The van der Waals surface area contributed by atoms with E-state index < -0.39 is 0 Å². The molecule has 132 valence electrons. The smallest absolute Gasteiger partial charge is 0.155 e. The van der Waals surface area contributed by atoms with Gasteiger partial charge in [0.05, 0.1) is 0 Å². The summed E-state index contributed by atoms with van der Waals surface area (Å²) < 4.78 is 2.30. The average molecular weight is 346 g/mol. The molecule has 5 rings (SSSR count). The van der Waals surface area contributed by atoms with E-state index in [4.69, 9.17) is 0 Å². The number of anilines is 1. The highest BCUT2D eigenvalue weighted by molar-refractivity contribution is 5.71. The Kier molecular flexibility index (Phi) is 3.88. The van der Waals surface area contributed by atoms with E-state index in [-0.39, 0.29) is 0 Å². The zero-order valence-electron chi connectivity index (χ0n) is 14.7. The molecule has 0 radical (unpaired) electrons. The van der Waals surface area contributed by atoms with Crippen LogP contribution in [0.5, 0.6) is 0 Å². The van der Waals surface area contributed by atoms with Crippen LogP contribution in [-0.2, 0) is 0 Å². The number of hydrogen-bond acceptors (Lipinski definition) is 5. The van der Waals surface area contributed by atoms with E-state index in [1.54, 1.807) is 12.4 Å². The minimum absolute atomic E-state index is 0.492. The van der Waals surface area contributed by atoms with Gasteiger partial charge in [-0.05, 0) is 25.7 Å². The van der Waals surface area contributed by atoms with Crippen molar-refractivity contribution in [3.63, 3.8) is 0 Å². The number of piperidine rings is 1. The molecule has 1 aromatic carbocycles. The lowest BCUT2D eigenvalue weighted by Gasteiger charge is -2.33. The fraction of sp³-hybridized carbons (Fsp3) is 0.400. The van der Waals surface area contributed by atoms with Gasteiger partial charge in [0.1, 0.15) is 17.8 Å². The molecule has 1 saturated heterocycles. The van der Waals surface area contributed by atoms with E-state index in [9.17, 15) is 0 Å². The van der Waals surface area contributed by atoms with Crippen LogP contribution in [0.4, 0.5) is 5.82 Å². The molecule has 1 saturated carbocycles. The molecule has 2 aliphatic rings. The van der Waals surface area contributed by atoms with Crippen molar-refractivity contribution in [2.24, 2.45) is 0 Å². The molecule has 3 aromatic rings. The van der Waals surface area contributed by atoms with Gasteiger partial charge >= 0.3 is 0 Å². The van der Waals surface area contributed by atoms with Gasteiger partial charge in [0.15, 0.2) is 5.82 Å². The summed E-state index contributed by atoms with van der Waals surface area (Å²) in [5.74, 6) is 2.65. The van der Waals surface area contributed by atoms with E-state index in [1.807, 2.05) is 24.5 Å². The molecule has 0 N–H and O–H groups in total. The highest BCUT2D eigenvalue weighted by Crippen LogP contribution is 2.39. The van der Waals surface area contributed by atoms with Crippen LogP contribution in [0.1, 0.15) is 43.5 Å². The van der Waals surface area contributed by atoms with Gasteiger partial charge in [0.2, 0.25) is 0 Å². The molecule has 0 spiro atoms. The fourth-order valence-corrected chi connectivity index (χ4v) is 3.89. The Bertz CT molecular complexity index is 878. The van der Waals surface area contributed by atoms with Gasteiger partial charge in [-0.3, -0.25) is 4.98 Å². The molecule has 26 heavy (non-hydrogen) atoms. The van der Waals surface area contributed by atoms with Crippen LogP contribution in [0, 0.1) is 0 Å². The third-order valence-corrected chi connectivity index (χ3v) is 5.43. The molecule has 0 atom stereocenters. The summed E-state index contributed by atoms with van der Waals surface area (Å²) in [7, 11) is 0. The molecule has 2 fully saturated rings. The van der Waals surface area contributed by atoms with E-state index in [1.165, 1.54) is 18.7 Å². The molecular formula is C20H22N6. The molecule has 0 unspecified atom stereocenters. The van der Waals surface area contributed by atoms with Crippen LogP contribution in [0.15, 0.2) is 49.1 Å². The lowest BCUT2D eigenvalue weighted by Crippen LogP contribution is -2.34. The highest BCUT2D eigenvalue weighted by Gasteiger charge is 2.31. The van der Waals surface area contributed by atoms with Crippen LogP contribution < -0.4 is 4.90 Å². The molecule has 3 heterocycles. The van der Waals surface area contributed by atoms with Gasteiger partial charge in [-0.25, -0.2) is 4.98 Å². The summed E-state index contributed by atoms with van der Waals surface area (Å²) in [6, 6.07) is 11.0. The summed E-state index contributed by atoms with van der Waals surface area (Å²) in [5.41, 5.74) is 2.08. The zero-order chi connectivity index (χ0) is 17.3. The second kappa shape index (κ2) is 6.52. The van der Waals surface area contributed by atoms with Crippen LogP contribution in [-0.4, -0.2) is 37.8 Å². The van der Waals surface area contributed by atoms with Gasteiger partial charge in [-0.15, -0.1) is 10.2 Å². The minimum Gasteiger partial charge on any atom is -0.355 e. The Morgan fingerprint density at radius 3 is 2.42 bits per heavy atom.